The van der Waals surface area contributed by atoms with Gasteiger partial charge in [0.15, 0.2) is 17.6 Å². The van der Waals surface area contributed by atoms with Crippen LogP contribution in [0.5, 0.6) is 5.75 Å². The van der Waals surface area contributed by atoms with Crippen LogP contribution in [0.25, 0.3) is 0 Å². The van der Waals surface area contributed by atoms with Gasteiger partial charge in [-0.1, -0.05) is 30.3 Å². The van der Waals surface area contributed by atoms with Gasteiger partial charge in [0.2, 0.25) is 0 Å². The van der Waals surface area contributed by atoms with Gasteiger partial charge >= 0.3 is 0 Å². The number of benzene rings is 2. The number of aliphatic imine (C=N–C) groups is 1. The molecule has 130 valence electrons. The molecule has 0 fully saturated rings. The molecule has 0 saturated carbocycles. The highest BCUT2D eigenvalue weighted by atomic mass is 127. The third-order valence-corrected chi connectivity index (χ3v) is 3.09. The number of hydrogen-bond donors (Lipinski definition) is 2. The summed E-state index contributed by atoms with van der Waals surface area (Å²) < 4.78 is 31.0. The molecule has 3 N–H and O–H groups in total. The molecule has 24 heavy (non-hydrogen) atoms. The van der Waals surface area contributed by atoms with Gasteiger partial charge in [-0.25, -0.2) is 8.78 Å². The first-order valence-electron chi connectivity index (χ1n) is 7.31. The van der Waals surface area contributed by atoms with Crippen molar-refractivity contribution in [2.24, 2.45) is 10.7 Å². The van der Waals surface area contributed by atoms with Gasteiger partial charge in [-0.05, 0) is 24.1 Å². The van der Waals surface area contributed by atoms with Crippen molar-refractivity contribution in [2.45, 2.75) is 6.42 Å². The average molecular weight is 447 g/mol. The Morgan fingerprint density at radius 1 is 1.08 bits per heavy atom. The van der Waals surface area contributed by atoms with Crippen LogP contribution in [0.4, 0.5) is 8.78 Å². The summed E-state index contributed by atoms with van der Waals surface area (Å²) in [5, 5.41) is 2.90. The Labute approximate surface area is 157 Å². The molecule has 0 saturated heterocycles. The van der Waals surface area contributed by atoms with E-state index in [4.69, 9.17) is 10.5 Å². The molecule has 0 bridgehead atoms. The van der Waals surface area contributed by atoms with E-state index in [9.17, 15) is 8.78 Å². The molecule has 7 heteroatoms. The van der Waals surface area contributed by atoms with Crippen molar-refractivity contribution in [3.63, 3.8) is 0 Å². The zero-order valence-corrected chi connectivity index (χ0v) is 15.4. The lowest BCUT2D eigenvalue weighted by molar-refractivity contribution is 0.319. The van der Waals surface area contributed by atoms with E-state index in [0.29, 0.717) is 19.0 Å². The number of ether oxygens (including phenoxy) is 1. The Morgan fingerprint density at radius 2 is 1.83 bits per heavy atom. The van der Waals surface area contributed by atoms with E-state index in [2.05, 4.69) is 10.3 Å². The number of nitrogens with one attached hydrogen (secondary N) is 1. The largest absolute Gasteiger partial charge is 0.492 e. The van der Waals surface area contributed by atoms with Crippen LogP contribution in [-0.2, 0) is 6.42 Å². The van der Waals surface area contributed by atoms with Gasteiger partial charge < -0.3 is 15.8 Å². The Morgan fingerprint density at radius 3 is 2.54 bits per heavy atom. The molecule has 0 aliphatic carbocycles. The fraction of sp³-hybridized carbons (Fsp3) is 0.235. The third-order valence-electron chi connectivity index (χ3n) is 3.09. The van der Waals surface area contributed by atoms with E-state index in [1.54, 1.807) is 0 Å². The second-order valence-electron chi connectivity index (χ2n) is 4.85. The minimum absolute atomic E-state index is 0. The van der Waals surface area contributed by atoms with E-state index in [0.717, 1.165) is 18.6 Å². The van der Waals surface area contributed by atoms with Gasteiger partial charge in [-0.15, -0.1) is 24.0 Å². The minimum atomic E-state index is -0.933. The van der Waals surface area contributed by atoms with Gasteiger partial charge in [0, 0.05) is 12.6 Å². The van der Waals surface area contributed by atoms with Crippen LogP contribution < -0.4 is 15.8 Å². The van der Waals surface area contributed by atoms with Crippen LogP contribution in [0.3, 0.4) is 0 Å². The van der Waals surface area contributed by atoms with E-state index in [1.165, 1.54) is 11.6 Å². The molecule has 0 atom stereocenters. The molecule has 0 radical (unpaired) electrons. The molecule has 0 unspecified atom stereocenters. The zero-order valence-electron chi connectivity index (χ0n) is 13.0. The van der Waals surface area contributed by atoms with Crippen molar-refractivity contribution < 1.29 is 13.5 Å². The summed E-state index contributed by atoms with van der Waals surface area (Å²) >= 11 is 0. The quantitative estimate of drug-likeness (QED) is 0.297. The second kappa shape index (κ2) is 10.8. The van der Waals surface area contributed by atoms with Crippen molar-refractivity contribution in [1.82, 2.24) is 5.32 Å². The number of halogens is 3. The maximum absolute atomic E-state index is 13.0. The Kier molecular flexibility index (Phi) is 9.06. The second-order valence-corrected chi connectivity index (χ2v) is 4.85. The number of nitrogens with zero attached hydrogens (tertiary/aromatic N) is 1. The standard InChI is InChI=1S/C17H19F2N3O.HI/c18-15-7-6-14(12-16(15)19)23-11-10-22-17(20)21-9-8-13-4-2-1-3-5-13;/h1-7,12H,8-11H2,(H3,20,21,22);1H. The summed E-state index contributed by atoms with van der Waals surface area (Å²) in [6.07, 6.45) is 0.814. The molecule has 2 aromatic carbocycles. The minimum Gasteiger partial charge on any atom is -0.492 e. The summed E-state index contributed by atoms with van der Waals surface area (Å²) in [7, 11) is 0. The topological polar surface area (TPSA) is 59.6 Å². The molecular formula is C17H20F2IN3O. The lowest BCUT2D eigenvalue weighted by Gasteiger charge is -2.08. The molecule has 0 spiro atoms. The molecule has 4 nitrogen and oxygen atoms in total. The van der Waals surface area contributed by atoms with Crippen LogP contribution in [0.15, 0.2) is 53.5 Å². The summed E-state index contributed by atoms with van der Waals surface area (Å²) in [4.78, 5) is 4.21. The predicted octanol–water partition coefficient (Wildman–Crippen LogP) is 3.11. The predicted molar refractivity (Wildman–Crippen MR) is 102 cm³/mol. The first-order valence-corrected chi connectivity index (χ1v) is 7.31. The Balaban J connectivity index is 0.00000288. The van der Waals surface area contributed by atoms with Crippen molar-refractivity contribution in [3.8, 4) is 5.75 Å². The van der Waals surface area contributed by atoms with Crippen molar-refractivity contribution >= 4 is 29.9 Å². The number of nitrogens with two attached hydrogens (primary N) is 1. The maximum Gasteiger partial charge on any atom is 0.188 e. The average Bonchev–Trinajstić information content (AvgIpc) is 2.56. The van der Waals surface area contributed by atoms with E-state index >= 15 is 0 Å². The van der Waals surface area contributed by atoms with Gasteiger partial charge in [0.05, 0.1) is 6.54 Å². The van der Waals surface area contributed by atoms with Crippen molar-refractivity contribution in [3.05, 3.63) is 65.7 Å². The van der Waals surface area contributed by atoms with Crippen LogP contribution >= 0.6 is 24.0 Å². The van der Waals surface area contributed by atoms with Gasteiger partial charge in [0.25, 0.3) is 0 Å². The highest BCUT2D eigenvalue weighted by molar-refractivity contribution is 14.0. The first-order chi connectivity index (χ1) is 11.1. The van der Waals surface area contributed by atoms with Crippen molar-refractivity contribution in [2.75, 3.05) is 19.7 Å². The van der Waals surface area contributed by atoms with Crippen LogP contribution in [0, 0.1) is 11.6 Å². The number of guanidine groups is 1. The molecular weight excluding hydrogens is 427 g/mol. The monoisotopic (exact) mass is 447 g/mol. The first kappa shape index (κ1) is 20.1. The van der Waals surface area contributed by atoms with E-state index < -0.39 is 11.6 Å². The number of rotatable bonds is 7. The van der Waals surface area contributed by atoms with Gasteiger partial charge in [-0.2, -0.15) is 0 Å². The normalized spacial score (nSPS) is 10.8. The van der Waals surface area contributed by atoms with Crippen LogP contribution in [-0.4, -0.2) is 25.7 Å². The third kappa shape index (κ3) is 7.12. The maximum atomic E-state index is 13.0. The lowest BCUT2D eigenvalue weighted by atomic mass is 10.2. The van der Waals surface area contributed by atoms with E-state index in [1.807, 2.05) is 30.3 Å². The van der Waals surface area contributed by atoms with Crippen LogP contribution in [0.1, 0.15) is 5.56 Å². The van der Waals surface area contributed by atoms with Crippen LogP contribution in [0.2, 0.25) is 0 Å². The fourth-order valence-corrected chi connectivity index (χ4v) is 1.92. The van der Waals surface area contributed by atoms with Gasteiger partial charge in [0.1, 0.15) is 12.4 Å². The molecule has 0 amide bonds. The fourth-order valence-electron chi connectivity index (χ4n) is 1.92. The molecule has 2 rings (SSSR count). The molecule has 0 aromatic heterocycles. The zero-order chi connectivity index (χ0) is 16.5. The van der Waals surface area contributed by atoms with E-state index in [-0.39, 0.29) is 36.3 Å². The smallest absolute Gasteiger partial charge is 0.188 e. The summed E-state index contributed by atoms with van der Waals surface area (Å²) in [6.45, 7) is 1.27. The highest BCUT2D eigenvalue weighted by Crippen LogP contribution is 2.14. The molecule has 0 aliphatic rings. The summed E-state index contributed by atoms with van der Waals surface area (Å²) in [6, 6.07) is 13.4. The molecule has 0 heterocycles. The molecule has 0 aliphatic heterocycles. The summed E-state index contributed by atoms with van der Waals surface area (Å²) in [5.74, 6) is -1.23. The highest BCUT2D eigenvalue weighted by Gasteiger charge is 2.02. The SMILES string of the molecule is I.NC(=NCCc1ccccc1)NCCOc1ccc(F)c(F)c1. The molecule has 2 aromatic rings. The van der Waals surface area contributed by atoms with Crippen molar-refractivity contribution in [1.29, 1.82) is 0 Å². The Bertz CT molecular complexity index is 654. The summed E-state index contributed by atoms with van der Waals surface area (Å²) in [5.41, 5.74) is 6.93. The lowest BCUT2D eigenvalue weighted by Crippen LogP contribution is -2.35. The Hall–Kier alpha value is -1.90. The van der Waals surface area contributed by atoms with Gasteiger partial charge in [-0.3, -0.25) is 4.99 Å². The number of hydrogen-bond acceptors (Lipinski definition) is 2.